The standard InChI is InChI=1S/C31H36N6O3/c1-4-21-7-13-25(14-8-21)37-20-27(30(39)35-40-6-3)28(38)26-19-32-31(34-29(26)37)33-24-11-9-22(10-12-24)23-15-17-36(5-2)18-16-23/h7-14,19-20,23H,4-6,15-18H2,1-3H3,(H,35,39)(H,32,33,34). The molecule has 0 saturated carbocycles. The van der Waals surface area contributed by atoms with Crippen LogP contribution in [0.2, 0.25) is 0 Å². The van der Waals surface area contributed by atoms with Crippen molar-refractivity contribution >= 4 is 28.6 Å². The molecule has 0 aliphatic carbocycles. The van der Waals surface area contributed by atoms with E-state index in [1.165, 1.54) is 36.4 Å². The molecule has 1 aliphatic heterocycles. The third kappa shape index (κ3) is 5.90. The van der Waals surface area contributed by atoms with E-state index in [9.17, 15) is 9.59 Å². The van der Waals surface area contributed by atoms with Crippen molar-refractivity contribution in [3.8, 4) is 5.69 Å². The molecule has 0 spiro atoms. The van der Waals surface area contributed by atoms with Gasteiger partial charge in [0.2, 0.25) is 11.4 Å². The largest absolute Gasteiger partial charge is 0.324 e. The van der Waals surface area contributed by atoms with Gasteiger partial charge in [0.25, 0.3) is 5.91 Å². The molecule has 1 aliphatic rings. The van der Waals surface area contributed by atoms with Crippen molar-refractivity contribution in [2.24, 2.45) is 0 Å². The van der Waals surface area contributed by atoms with Gasteiger partial charge in [-0.15, -0.1) is 0 Å². The van der Waals surface area contributed by atoms with Gasteiger partial charge < -0.3 is 14.8 Å². The van der Waals surface area contributed by atoms with Crippen molar-refractivity contribution < 1.29 is 9.63 Å². The fourth-order valence-electron chi connectivity index (χ4n) is 5.16. The fraction of sp³-hybridized carbons (Fsp3) is 0.355. The summed E-state index contributed by atoms with van der Waals surface area (Å²) in [5, 5.41) is 3.52. The minimum atomic E-state index is -0.615. The molecular formula is C31H36N6O3. The third-order valence-corrected chi connectivity index (χ3v) is 7.59. The highest BCUT2D eigenvalue weighted by Gasteiger charge is 2.20. The molecule has 208 valence electrons. The van der Waals surface area contributed by atoms with Crippen LogP contribution in [0.1, 0.15) is 61.0 Å². The Morgan fingerprint density at radius 2 is 1.75 bits per heavy atom. The number of hydrogen-bond acceptors (Lipinski definition) is 7. The Labute approximate surface area is 234 Å². The number of hydroxylamine groups is 1. The molecule has 1 fully saturated rings. The molecule has 2 aromatic carbocycles. The van der Waals surface area contributed by atoms with E-state index in [0.717, 1.165) is 37.4 Å². The molecule has 1 saturated heterocycles. The van der Waals surface area contributed by atoms with Gasteiger partial charge in [-0.1, -0.05) is 38.1 Å². The van der Waals surface area contributed by atoms with Crippen molar-refractivity contribution in [2.75, 3.05) is 31.6 Å². The lowest BCUT2D eigenvalue weighted by atomic mass is 9.89. The highest BCUT2D eigenvalue weighted by Crippen LogP contribution is 2.29. The molecule has 5 rings (SSSR count). The normalized spacial score (nSPS) is 14.4. The Morgan fingerprint density at radius 3 is 2.40 bits per heavy atom. The summed E-state index contributed by atoms with van der Waals surface area (Å²) in [5.74, 6) is 0.327. The van der Waals surface area contributed by atoms with Gasteiger partial charge in [0, 0.05) is 23.8 Å². The highest BCUT2D eigenvalue weighted by atomic mass is 16.6. The van der Waals surface area contributed by atoms with Crippen LogP contribution in [0.4, 0.5) is 11.6 Å². The Kier molecular flexibility index (Phi) is 8.52. The predicted molar refractivity (Wildman–Crippen MR) is 157 cm³/mol. The summed E-state index contributed by atoms with van der Waals surface area (Å²) in [6.07, 6.45) is 6.23. The van der Waals surface area contributed by atoms with Gasteiger partial charge in [-0.05, 0) is 87.1 Å². The van der Waals surface area contributed by atoms with Crippen molar-refractivity contribution in [2.45, 2.75) is 46.0 Å². The van der Waals surface area contributed by atoms with Crippen LogP contribution < -0.4 is 16.2 Å². The maximum atomic E-state index is 13.3. The van der Waals surface area contributed by atoms with E-state index in [0.29, 0.717) is 17.5 Å². The number of amides is 1. The van der Waals surface area contributed by atoms with Gasteiger partial charge in [0.05, 0.1) is 12.0 Å². The van der Waals surface area contributed by atoms with E-state index in [2.05, 4.69) is 46.7 Å². The second kappa shape index (κ2) is 12.4. The van der Waals surface area contributed by atoms with E-state index in [-0.39, 0.29) is 17.6 Å². The fourth-order valence-corrected chi connectivity index (χ4v) is 5.16. The minimum absolute atomic E-state index is 0.0508. The number of aryl methyl sites for hydroxylation is 1. The number of fused-ring (bicyclic) bond motifs is 1. The molecule has 40 heavy (non-hydrogen) atoms. The lowest BCUT2D eigenvalue weighted by Crippen LogP contribution is -2.32. The number of carbonyl (C=O) groups excluding carboxylic acids is 1. The first-order valence-electron chi connectivity index (χ1n) is 14.0. The quantitative estimate of drug-likeness (QED) is 0.289. The van der Waals surface area contributed by atoms with Gasteiger partial charge in [-0.3, -0.25) is 14.4 Å². The van der Waals surface area contributed by atoms with Gasteiger partial charge in [-0.25, -0.2) is 10.5 Å². The van der Waals surface area contributed by atoms with Gasteiger partial charge in [0.15, 0.2) is 5.65 Å². The summed E-state index contributed by atoms with van der Waals surface area (Å²) < 4.78 is 1.75. The average Bonchev–Trinajstić information content (AvgIpc) is 3.00. The number of benzene rings is 2. The molecule has 4 aromatic rings. The van der Waals surface area contributed by atoms with Gasteiger partial charge in [0.1, 0.15) is 5.56 Å². The van der Waals surface area contributed by atoms with Crippen LogP contribution in [0.25, 0.3) is 16.7 Å². The first-order valence-corrected chi connectivity index (χ1v) is 14.0. The number of likely N-dealkylation sites (tertiary alicyclic amines) is 1. The van der Waals surface area contributed by atoms with E-state index >= 15 is 0 Å². The average molecular weight is 541 g/mol. The summed E-state index contributed by atoms with van der Waals surface area (Å²) in [6, 6.07) is 16.4. The Balaban J connectivity index is 1.47. The summed E-state index contributed by atoms with van der Waals surface area (Å²) in [4.78, 5) is 42.7. The van der Waals surface area contributed by atoms with Crippen LogP contribution >= 0.6 is 0 Å². The lowest BCUT2D eigenvalue weighted by Gasteiger charge is -2.31. The monoisotopic (exact) mass is 540 g/mol. The van der Waals surface area contributed by atoms with Crippen molar-refractivity contribution in [1.29, 1.82) is 0 Å². The van der Waals surface area contributed by atoms with Crippen LogP contribution in [-0.2, 0) is 11.3 Å². The zero-order valence-electron chi connectivity index (χ0n) is 23.3. The summed E-state index contributed by atoms with van der Waals surface area (Å²) in [6.45, 7) is 9.74. The van der Waals surface area contributed by atoms with Crippen LogP contribution in [0.5, 0.6) is 0 Å². The molecule has 0 radical (unpaired) electrons. The molecule has 1 amide bonds. The Morgan fingerprint density at radius 1 is 1.02 bits per heavy atom. The van der Waals surface area contributed by atoms with Gasteiger partial charge in [-0.2, -0.15) is 4.98 Å². The van der Waals surface area contributed by atoms with Crippen LogP contribution in [-0.4, -0.2) is 51.6 Å². The van der Waals surface area contributed by atoms with E-state index < -0.39 is 11.3 Å². The number of hydrogen-bond donors (Lipinski definition) is 2. The lowest BCUT2D eigenvalue weighted by molar-refractivity contribution is 0.0363. The van der Waals surface area contributed by atoms with E-state index in [4.69, 9.17) is 9.82 Å². The number of piperidine rings is 1. The maximum Gasteiger partial charge on any atom is 0.280 e. The van der Waals surface area contributed by atoms with Crippen LogP contribution in [0, 0.1) is 0 Å². The molecule has 9 heteroatoms. The second-order valence-corrected chi connectivity index (χ2v) is 10.0. The van der Waals surface area contributed by atoms with Gasteiger partial charge >= 0.3 is 0 Å². The summed E-state index contributed by atoms with van der Waals surface area (Å²) in [5.41, 5.74) is 6.38. The summed E-state index contributed by atoms with van der Waals surface area (Å²) in [7, 11) is 0. The number of aromatic nitrogens is 3. The number of pyridine rings is 1. The first-order chi connectivity index (χ1) is 19.5. The molecule has 3 heterocycles. The minimum Gasteiger partial charge on any atom is -0.324 e. The second-order valence-electron chi connectivity index (χ2n) is 10.0. The highest BCUT2D eigenvalue weighted by molar-refractivity contribution is 5.96. The number of nitrogens with one attached hydrogen (secondary N) is 2. The Bertz CT molecular complexity index is 1520. The molecule has 9 nitrogen and oxygen atoms in total. The van der Waals surface area contributed by atoms with Crippen molar-refractivity contribution in [3.63, 3.8) is 0 Å². The predicted octanol–water partition coefficient (Wildman–Crippen LogP) is 4.97. The number of anilines is 2. The van der Waals surface area contributed by atoms with E-state index in [1.807, 2.05) is 36.4 Å². The molecular weight excluding hydrogens is 504 g/mol. The maximum absolute atomic E-state index is 13.3. The van der Waals surface area contributed by atoms with Crippen LogP contribution in [0.3, 0.4) is 0 Å². The molecule has 2 aromatic heterocycles. The number of carbonyl (C=O) groups is 1. The van der Waals surface area contributed by atoms with Crippen LogP contribution in [0.15, 0.2) is 65.7 Å². The van der Waals surface area contributed by atoms with E-state index in [1.54, 1.807) is 11.5 Å². The first kappa shape index (κ1) is 27.5. The Hall–Kier alpha value is -4.08. The van der Waals surface area contributed by atoms with Crippen molar-refractivity contribution in [3.05, 3.63) is 87.8 Å². The molecule has 0 atom stereocenters. The smallest absolute Gasteiger partial charge is 0.280 e. The molecule has 0 bridgehead atoms. The zero-order valence-corrected chi connectivity index (χ0v) is 23.3. The molecule has 0 unspecified atom stereocenters. The molecule has 2 N–H and O–H groups in total. The SMILES string of the molecule is CCONC(=O)c1cn(-c2ccc(CC)cc2)c2nc(Nc3ccc(C4CCN(CC)CC4)cc3)ncc2c1=O. The third-order valence-electron chi connectivity index (χ3n) is 7.59. The van der Waals surface area contributed by atoms with Crippen molar-refractivity contribution in [1.82, 2.24) is 24.9 Å². The number of nitrogens with zero attached hydrogens (tertiary/aromatic N) is 4. The summed E-state index contributed by atoms with van der Waals surface area (Å²) >= 11 is 0. The number of rotatable bonds is 9. The zero-order chi connectivity index (χ0) is 28.1. The topological polar surface area (TPSA) is 101 Å².